The molecule has 5 nitrogen and oxygen atoms in total. The standard InChI is InChI=1S/C19H21NO4/c1-23-17-9-8-14(11-18(17)24-2)15-12-19(21)20(22)16(15)10-13-6-4-3-5-7-13/h3-9,11,15-16,22H,10,12H2,1-2H3/t15-,16+/m1/s1. The summed E-state index contributed by atoms with van der Waals surface area (Å²) in [5.41, 5.74) is 2.04. The number of hydrogen-bond acceptors (Lipinski definition) is 4. The Bertz CT molecular complexity index is 717. The van der Waals surface area contributed by atoms with Crippen molar-refractivity contribution in [3.05, 3.63) is 59.7 Å². The van der Waals surface area contributed by atoms with Crippen molar-refractivity contribution < 1.29 is 19.5 Å². The molecule has 1 aliphatic rings. The maximum absolute atomic E-state index is 12.1. The van der Waals surface area contributed by atoms with E-state index in [9.17, 15) is 10.0 Å². The van der Waals surface area contributed by atoms with Gasteiger partial charge in [-0.25, -0.2) is 5.06 Å². The summed E-state index contributed by atoms with van der Waals surface area (Å²) in [4.78, 5) is 12.1. The van der Waals surface area contributed by atoms with Gasteiger partial charge in [-0.15, -0.1) is 0 Å². The molecule has 2 atom stereocenters. The molecule has 1 amide bonds. The van der Waals surface area contributed by atoms with E-state index in [-0.39, 0.29) is 24.3 Å². The van der Waals surface area contributed by atoms with E-state index < -0.39 is 0 Å². The van der Waals surface area contributed by atoms with Gasteiger partial charge in [-0.2, -0.15) is 0 Å². The zero-order valence-corrected chi connectivity index (χ0v) is 13.8. The van der Waals surface area contributed by atoms with Crippen molar-refractivity contribution in [2.45, 2.75) is 24.8 Å². The lowest BCUT2D eigenvalue weighted by atomic mass is 9.88. The molecular formula is C19H21NO4. The minimum Gasteiger partial charge on any atom is -0.493 e. The summed E-state index contributed by atoms with van der Waals surface area (Å²) in [6, 6.07) is 15.2. The summed E-state index contributed by atoms with van der Waals surface area (Å²) in [5, 5.41) is 11.1. The second-order valence-corrected chi connectivity index (χ2v) is 5.92. The molecule has 0 radical (unpaired) electrons. The van der Waals surface area contributed by atoms with Crippen molar-refractivity contribution in [2.24, 2.45) is 0 Å². The van der Waals surface area contributed by atoms with E-state index in [1.54, 1.807) is 14.2 Å². The molecule has 1 aliphatic heterocycles. The summed E-state index contributed by atoms with van der Waals surface area (Å²) in [5.74, 6) is 0.918. The quantitative estimate of drug-likeness (QED) is 0.858. The van der Waals surface area contributed by atoms with Crippen LogP contribution in [0.4, 0.5) is 0 Å². The van der Waals surface area contributed by atoms with Gasteiger partial charge in [-0.1, -0.05) is 36.4 Å². The van der Waals surface area contributed by atoms with Gasteiger partial charge in [0.15, 0.2) is 11.5 Å². The number of amides is 1. The van der Waals surface area contributed by atoms with Crippen LogP contribution in [0, 0.1) is 0 Å². The Balaban J connectivity index is 1.91. The van der Waals surface area contributed by atoms with Gasteiger partial charge in [0.1, 0.15) is 0 Å². The van der Waals surface area contributed by atoms with E-state index in [0.717, 1.165) is 16.2 Å². The second-order valence-electron chi connectivity index (χ2n) is 5.92. The monoisotopic (exact) mass is 327 g/mol. The van der Waals surface area contributed by atoms with Crippen molar-refractivity contribution in [1.29, 1.82) is 0 Å². The van der Waals surface area contributed by atoms with Gasteiger partial charge in [-0.05, 0) is 29.7 Å². The highest BCUT2D eigenvalue weighted by Crippen LogP contribution is 2.38. The molecule has 0 bridgehead atoms. The lowest BCUT2D eigenvalue weighted by molar-refractivity contribution is -0.165. The van der Waals surface area contributed by atoms with Crippen LogP contribution < -0.4 is 9.47 Å². The number of benzene rings is 2. The minimum atomic E-state index is -0.294. The number of rotatable bonds is 5. The molecule has 0 aromatic heterocycles. The minimum absolute atomic E-state index is 0.0949. The highest BCUT2D eigenvalue weighted by Gasteiger charge is 2.40. The number of nitrogens with zero attached hydrogens (tertiary/aromatic N) is 1. The fourth-order valence-electron chi connectivity index (χ4n) is 3.28. The summed E-state index contributed by atoms with van der Waals surface area (Å²) in [6.07, 6.45) is 0.881. The molecule has 1 saturated heterocycles. The lowest BCUT2D eigenvalue weighted by Gasteiger charge is -2.24. The van der Waals surface area contributed by atoms with Crippen LogP contribution in [-0.4, -0.2) is 36.4 Å². The zero-order valence-electron chi connectivity index (χ0n) is 13.8. The zero-order chi connectivity index (χ0) is 17.1. The fraction of sp³-hybridized carbons (Fsp3) is 0.316. The SMILES string of the molecule is COc1ccc([C@H]2CC(=O)N(O)[C@H]2Cc2ccccc2)cc1OC. The largest absolute Gasteiger partial charge is 0.493 e. The third kappa shape index (κ3) is 3.08. The fourth-order valence-corrected chi connectivity index (χ4v) is 3.28. The molecule has 2 aromatic rings. The Morgan fingerprint density at radius 2 is 1.79 bits per heavy atom. The first-order valence-corrected chi connectivity index (χ1v) is 7.91. The van der Waals surface area contributed by atoms with Gasteiger partial charge in [0.2, 0.25) is 5.91 Å². The normalized spacial score (nSPS) is 20.3. The van der Waals surface area contributed by atoms with Crippen LogP contribution in [0.15, 0.2) is 48.5 Å². The first-order chi connectivity index (χ1) is 11.6. The molecular weight excluding hydrogens is 306 g/mol. The van der Waals surface area contributed by atoms with Crippen LogP contribution in [-0.2, 0) is 11.2 Å². The molecule has 5 heteroatoms. The van der Waals surface area contributed by atoms with Crippen molar-refractivity contribution in [3.8, 4) is 11.5 Å². The maximum Gasteiger partial charge on any atom is 0.246 e. The first-order valence-electron chi connectivity index (χ1n) is 7.91. The van der Waals surface area contributed by atoms with E-state index in [1.165, 1.54) is 0 Å². The Morgan fingerprint density at radius 3 is 2.46 bits per heavy atom. The van der Waals surface area contributed by atoms with E-state index in [2.05, 4.69) is 0 Å². The third-order valence-corrected chi connectivity index (χ3v) is 4.55. The maximum atomic E-state index is 12.1. The Hall–Kier alpha value is -2.53. The topological polar surface area (TPSA) is 59.0 Å². The summed E-state index contributed by atoms with van der Waals surface area (Å²) < 4.78 is 10.6. The molecule has 126 valence electrons. The lowest BCUT2D eigenvalue weighted by Crippen LogP contribution is -2.33. The van der Waals surface area contributed by atoms with Crippen molar-refractivity contribution >= 4 is 5.91 Å². The molecule has 1 fully saturated rings. The molecule has 1 heterocycles. The molecule has 1 N–H and O–H groups in total. The van der Waals surface area contributed by atoms with Gasteiger partial charge >= 0.3 is 0 Å². The molecule has 24 heavy (non-hydrogen) atoms. The van der Waals surface area contributed by atoms with Crippen LogP contribution in [0.5, 0.6) is 11.5 Å². The Labute approximate surface area is 141 Å². The number of ether oxygens (including phenoxy) is 2. The van der Waals surface area contributed by atoms with Crippen LogP contribution >= 0.6 is 0 Å². The Kier molecular flexibility index (Phi) is 4.71. The predicted molar refractivity (Wildman–Crippen MR) is 89.5 cm³/mol. The predicted octanol–water partition coefficient (Wildman–Crippen LogP) is 3.02. The molecule has 0 unspecified atom stereocenters. The average molecular weight is 327 g/mol. The van der Waals surface area contributed by atoms with E-state index in [1.807, 2.05) is 48.5 Å². The van der Waals surface area contributed by atoms with Gasteiger partial charge < -0.3 is 9.47 Å². The molecule has 2 aromatic carbocycles. The highest BCUT2D eigenvalue weighted by atomic mass is 16.5. The van der Waals surface area contributed by atoms with Crippen LogP contribution in [0.1, 0.15) is 23.5 Å². The number of methoxy groups -OCH3 is 2. The molecule has 0 saturated carbocycles. The second kappa shape index (κ2) is 6.93. The van der Waals surface area contributed by atoms with E-state index >= 15 is 0 Å². The molecule has 3 rings (SSSR count). The van der Waals surface area contributed by atoms with Gasteiger partial charge in [0.25, 0.3) is 0 Å². The number of hydroxylamine groups is 2. The average Bonchev–Trinajstić information content (AvgIpc) is 2.90. The summed E-state index contributed by atoms with van der Waals surface area (Å²) in [6.45, 7) is 0. The number of carbonyl (C=O) groups excluding carboxylic acids is 1. The number of carbonyl (C=O) groups is 1. The van der Waals surface area contributed by atoms with Gasteiger partial charge in [-0.3, -0.25) is 10.0 Å². The van der Waals surface area contributed by atoms with Crippen molar-refractivity contribution in [1.82, 2.24) is 5.06 Å². The van der Waals surface area contributed by atoms with Crippen molar-refractivity contribution in [2.75, 3.05) is 14.2 Å². The van der Waals surface area contributed by atoms with E-state index in [4.69, 9.17) is 9.47 Å². The summed E-state index contributed by atoms with van der Waals surface area (Å²) in [7, 11) is 3.17. The summed E-state index contributed by atoms with van der Waals surface area (Å²) >= 11 is 0. The van der Waals surface area contributed by atoms with Gasteiger partial charge in [0, 0.05) is 12.3 Å². The molecule has 0 spiro atoms. The molecule has 0 aliphatic carbocycles. The smallest absolute Gasteiger partial charge is 0.246 e. The van der Waals surface area contributed by atoms with Crippen molar-refractivity contribution in [3.63, 3.8) is 0 Å². The first kappa shape index (κ1) is 16.3. The Morgan fingerprint density at radius 1 is 1.08 bits per heavy atom. The highest BCUT2D eigenvalue weighted by molar-refractivity contribution is 5.79. The van der Waals surface area contributed by atoms with Crippen LogP contribution in [0.3, 0.4) is 0 Å². The van der Waals surface area contributed by atoms with Gasteiger partial charge in [0.05, 0.1) is 20.3 Å². The van der Waals surface area contributed by atoms with Crippen LogP contribution in [0.25, 0.3) is 0 Å². The number of hydrogen-bond donors (Lipinski definition) is 1. The van der Waals surface area contributed by atoms with Crippen LogP contribution in [0.2, 0.25) is 0 Å². The third-order valence-electron chi connectivity index (χ3n) is 4.55. The van der Waals surface area contributed by atoms with E-state index in [0.29, 0.717) is 17.9 Å².